The van der Waals surface area contributed by atoms with E-state index >= 15 is 0 Å². The Kier molecular flexibility index (Phi) is 4.90. The molecule has 0 saturated heterocycles. The molecule has 0 unspecified atom stereocenters. The number of hydrogen-bond acceptors (Lipinski definition) is 4. The Morgan fingerprint density at radius 2 is 1.70 bits per heavy atom. The van der Waals surface area contributed by atoms with Gasteiger partial charge in [-0.05, 0) is 36.4 Å². The van der Waals surface area contributed by atoms with Gasteiger partial charge < -0.3 is 10.1 Å². The molecule has 7 heteroatoms. The Morgan fingerprint density at radius 3 is 2.26 bits per heavy atom. The molecule has 122 valence electrons. The number of rotatable bonds is 5. The van der Waals surface area contributed by atoms with Crippen LogP contribution < -0.4 is 14.4 Å². The molecule has 2 aromatic rings. The van der Waals surface area contributed by atoms with Gasteiger partial charge in [0.2, 0.25) is 10.0 Å². The fraction of sp³-hybridized carbons (Fsp3) is 0.188. The Hall–Kier alpha value is -2.54. The molecule has 1 N–H and O–H groups in total. The average molecular weight is 334 g/mol. The van der Waals surface area contributed by atoms with E-state index in [1.807, 2.05) is 0 Å². The molecule has 2 aromatic carbocycles. The van der Waals surface area contributed by atoms with Crippen LogP contribution in [0.3, 0.4) is 0 Å². The van der Waals surface area contributed by atoms with Crippen LogP contribution in [0.15, 0.2) is 48.5 Å². The second-order valence-corrected chi connectivity index (χ2v) is 6.94. The summed E-state index contributed by atoms with van der Waals surface area (Å²) in [5, 5.41) is 2.74. The molecule has 6 nitrogen and oxygen atoms in total. The van der Waals surface area contributed by atoms with Crippen LogP contribution in [-0.2, 0) is 10.0 Å². The zero-order valence-electron chi connectivity index (χ0n) is 13.1. The molecule has 0 atom stereocenters. The SMILES string of the molecule is COc1ccc(NC(=O)c2ccccc2N(C)S(C)(=O)=O)cc1. The summed E-state index contributed by atoms with van der Waals surface area (Å²) in [6.07, 6.45) is 1.09. The molecular weight excluding hydrogens is 316 g/mol. The summed E-state index contributed by atoms with van der Waals surface area (Å²) < 4.78 is 29.6. The number of hydrogen-bond donors (Lipinski definition) is 1. The lowest BCUT2D eigenvalue weighted by molar-refractivity contribution is 0.102. The maximum Gasteiger partial charge on any atom is 0.257 e. The molecule has 23 heavy (non-hydrogen) atoms. The second kappa shape index (κ2) is 6.70. The summed E-state index contributed by atoms with van der Waals surface area (Å²) in [7, 11) is -0.485. The van der Waals surface area contributed by atoms with E-state index in [1.54, 1.807) is 55.6 Å². The molecule has 0 heterocycles. The molecular formula is C16H18N2O4S. The Bertz CT molecular complexity index is 801. The van der Waals surface area contributed by atoms with Crippen LogP contribution in [0.4, 0.5) is 11.4 Å². The molecule has 0 spiro atoms. The van der Waals surface area contributed by atoms with Crippen molar-refractivity contribution in [2.75, 3.05) is 30.0 Å². The van der Waals surface area contributed by atoms with E-state index in [0.717, 1.165) is 10.6 Å². The van der Waals surface area contributed by atoms with Gasteiger partial charge in [-0.25, -0.2) is 8.42 Å². The summed E-state index contributed by atoms with van der Waals surface area (Å²) in [6, 6.07) is 13.4. The third kappa shape index (κ3) is 4.01. The smallest absolute Gasteiger partial charge is 0.257 e. The zero-order valence-corrected chi connectivity index (χ0v) is 13.9. The maximum absolute atomic E-state index is 12.5. The predicted molar refractivity (Wildman–Crippen MR) is 90.6 cm³/mol. The highest BCUT2D eigenvalue weighted by Crippen LogP contribution is 2.23. The van der Waals surface area contributed by atoms with Crippen molar-refractivity contribution < 1.29 is 17.9 Å². The highest BCUT2D eigenvalue weighted by atomic mass is 32.2. The number of para-hydroxylation sites is 1. The number of anilines is 2. The van der Waals surface area contributed by atoms with Gasteiger partial charge in [-0.3, -0.25) is 9.10 Å². The minimum absolute atomic E-state index is 0.274. The van der Waals surface area contributed by atoms with Gasteiger partial charge in [-0.1, -0.05) is 12.1 Å². The first-order valence-electron chi connectivity index (χ1n) is 6.81. The topological polar surface area (TPSA) is 75.7 Å². The molecule has 1 amide bonds. The van der Waals surface area contributed by atoms with Gasteiger partial charge in [0.05, 0.1) is 24.6 Å². The fourth-order valence-corrected chi connectivity index (χ4v) is 2.51. The highest BCUT2D eigenvalue weighted by Gasteiger charge is 2.19. The maximum atomic E-state index is 12.5. The number of amides is 1. The molecule has 0 fully saturated rings. The Morgan fingerprint density at radius 1 is 1.09 bits per heavy atom. The average Bonchev–Trinajstić information content (AvgIpc) is 2.54. The van der Waals surface area contributed by atoms with Crippen LogP contribution in [-0.4, -0.2) is 34.7 Å². The zero-order chi connectivity index (χ0) is 17.0. The third-order valence-corrected chi connectivity index (χ3v) is 4.52. The first kappa shape index (κ1) is 16.8. The first-order chi connectivity index (χ1) is 10.8. The molecule has 0 aliphatic carbocycles. The highest BCUT2D eigenvalue weighted by molar-refractivity contribution is 7.92. The van der Waals surface area contributed by atoms with Gasteiger partial charge in [0.25, 0.3) is 5.91 Å². The van der Waals surface area contributed by atoms with Crippen molar-refractivity contribution in [2.24, 2.45) is 0 Å². The van der Waals surface area contributed by atoms with Crippen molar-refractivity contribution in [3.05, 3.63) is 54.1 Å². The molecule has 2 rings (SSSR count). The number of carbonyl (C=O) groups excluding carboxylic acids is 1. The number of ether oxygens (including phenoxy) is 1. The van der Waals surface area contributed by atoms with Crippen LogP contribution >= 0.6 is 0 Å². The van der Waals surface area contributed by atoms with Gasteiger partial charge in [-0.2, -0.15) is 0 Å². The lowest BCUT2D eigenvalue weighted by Crippen LogP contribution is -2.27. The third-order valence-electron chi connectivity index (χ3n) is 3.33. The molecule has 0 aromatic heterocycles. The van der Waals surface area contributed by atoms with Crippen molar-refractivity contribution in [3.8, 4) is 5.75 Å². The lowest BCUT2D eigenvalue weighted by Gasteiger charge is -2.19. The minimum Gasteiger partial charge on any atom is -0.497 e. The molecule has 0 radical (unpaired) electrons. The second-order valence-electron chi connectivity index (χ2n) is 4.93. The predicted octanol–water partition coefficient (Wildman–Crippen LogP) is 2.34. The van der Waals surface area contributed by atoms with E-state index in [4.69, 9.17) is 4.74 Å². The molecule has 0 saturated carbocycles. The van der Waals surface area contributed by atoms with Crippen LogP contribution in [0.1, 0.15) is 10.4 Å². The van der Waals surface area contributed by atoms with Crippen molar-refractivity contribution in [3.63, 3.8) is 0 Å². The van der Waals surface area contributed by atoms with Gasteiger partial charge >= 0.3 is 0 Å². The number of nitrogens with one attached hydrogen (secondary N) is 1. The number of methoxy groups -OCH3 is 1. The summed E-state index contributed by atoms with van der Waals surface area (Å²) in [5.74, 6) is 0.293. The number of benzene rings is 2. The van der Waals surface area contributed by atoms with Gasteiger partial charge in [0, 0.05) is 12.7 Å². The van der Waals surface area contributed by atoms with Gasteiger partial charge in [0.15, 0.2) is 0 Å². The normalized spacial score (nSPS) is 10.9. The van der Waals surface area contributed by atoms with Crippen molar-refractivity contribution in [1.29, 1.82) is 0 Å². The van der Waals surface area contributed by atoms with E-state index in [2.05, 4.69) is 5.32 Å². The van der Waals surface area contributed by atoms with E-state index in [9.17, 15) is 13.2 Å². The van der Waals surface area contributed by atoms with Crippen molar-refractivity contribution in [1.82, 2.24) is 0 Å². The number of sulfonamides is 1. The Labute approximate surface area is 135 Å². The molecule has 0 aliphatic heterocycles. The first-order valence-corrected chi connectivity index (χ1v) is 8.66. The largest absolute Gasteiger partial charge is 0.497 e. The molecule has 0 aliphatic rings. The standard InChI is InChI=1S/C16H18N2O4S/c1-18(23(3,20)21)15-7-5-4-6-14(15)16(19)17-12-8-10-13(22-2)11-9-12/h4-11H,1-3H3,(H,17,19). The number of nitrogens with zero attached hydrogens (tertiary/aromatic N) is 1. The summed E-state index contributed by atoms with van der Waals surface area (Å²) in [6.45, 7) is 0. The van der Waals surface area contributed by atoms with E-state index in [-0.39, 0.29) is 11.5 Å². The lowest BCUT2D eigenvalue weighted by atomic mass is 10.1. The van der Waals surface area contributed by atoms with Crippen molar-refractivity contribution >= 4 is 27.3 Å². The number of carbonyl (C=O) groups is 1. The molecule has 0 bridgehead atoms. The van der Waals surface area contributed by atoms with Gasteiger partial charge in [-0.15, -0.1) is 0 Å². The van der Waals surface area contributed by atoms with E-state index < -0.39 is 10.0 Å². The Balaban J connectivity index is 2.29. The minimum atomic E-state index is -3.46. The summed E-state index contributed by atoms with van der Waals surface area (Å²) in [5.41, 5.74) is 1.19. The monoisotopic (exact) mass is 334 g/mol. The quantitative estimate of drug-likeness (QED) is 0.910. The summed E-state index contributed by atoms with van der Waals surface area (Å²) in [4.78, 5) is 12.5. The van der Waals surface area contributed by atoms with E-state index in [0.29, 0.717) is 17.1 Å². The van der Waals surface area contributed by atoms with Gasteiger partial charge in [0.1, 0.15) is 5.75 Å². The van der Waals surface area contributed by atoms with Crippen LogP contribution in [0.5, 0.6) is 5.75 Å². The van der Waals surface area contributed by atoms with Crippen LogP contribution in [0, 0.1) is 0 Å². The fourth-order valence-electron chi connectivity index (χ4n) is 1.99. The van der Waals surface area contributed by atoms with Crippen LogP contribution in [0.25, 0.3) is 0 Å². The summed E-state index contributed by atoms with van der Waals surface area (Å²) >= 11 is 0. The van der Waals surface area contributed by atoms with E-state index in [1.165, 1.54) is 7.05 Å². The van der Waals surface area contributed by atoms with Crippen LogP contribution in [0.2, 0.25) is 0 Å². The van der Waals surface area contributed by atoms with Crippen molar-refractivity contribution in [2.45, 2.75) is 0 Å².